The standard InChI is InChI=1S/C13H15BrClN3/c1-8(16)13(10-4-3-5-11(14)6-10)18-7-12(15)9(2)17-18/h3-8,13H,16H2,1-2H3. The molecule has 18 heavy (non-hydrogen) atoms. The topological polar surface area (TPSA) is 43.8 Å². The Hall–Kier alpha value is -0.840. The van der Waals surface area contributed by atoms with Gasteiger partial charge >= 0.3 is 0 Å². The second kappa shape index (κ2) is 5.43. The van der Waals surface area contributed by atoms with Crippen LogP contribution in [-0.2, 0) is 0 Å². The number of halogens is 2. The number of hydrogen-bond acceptors (Lipinski definition) is 2. The lowest BCUT2D eigenvalue weighted by Gasteiger charge is -2.22. The lowest BCUT2D eigenvalue weighted by Crippen LogP contribution is -2.30. The molecule has 0 bridgehead atoms. The first kappa shape index (κ1) is 13.6. The molecule has 2 aromatic rings. The van der Waals surface area contributed by atoms with Crippen LogP contribution in [0.3, 0.4) is 0 Å². The molecule has 0 radical (unpaired) electrons. The van der Waals surface area contributed by atoms with Crippen LogP contribution < -0.4 is 5.73 Å². The van der Waals surface area contributed by atoms with E-state index >= 15 is 0 Å². The summed E-state index contributed by atoms with van der Waals surface area (Å²) in [5, 5.41) is 5.09. The molecular formula is C13H15BrClN3. The van der Waals surface area contributed by atoms with Crippen molar-refractivity contribution >= 4 is 27.5 Å². The summed E-state index contributed by atoms with van der Waals surface area (Å²) < 4.78 is 2.87. The third-order valence-electron chi connectivity index (χ3n) is 2.83. The normalized spacial score (nSPS) is 14.5. The van der Waals surface area contributed by atoms with E-state index in [0.717, 1.165) is 15.7 Å². The second-order valence-electron chi connectivity index (χ2n) is 4.40. The molecular weight excluding hydrogens is 314 g/mol. The molecule has 2 atom stereocenters. The first-order valence-electron chi connectivity index (χ1n) is 5.71. The van der Waals surface area contributed by atoms with Crippen LogP contribution in [0.5, 0.6) is 0 Å². The molecule has 1 aromatic carbocycles. The zero-order chi connectivity index (χ0) is 13.3. The van der Waals surface area contributed by atoms with E-state index < -0.39 is 0 Å². The van der Waals surface area contributed by atoms with Gasteiger partial charge in [-0.3, -0.25) is 4.68 Å². The highest BCUT2D eigenvalue weighted by Gasteiger charge is 2.20. The first-order valence-corrected chi connectivity index (χ1v) is 6.88. The average molecular weight is 329 g/mol. The largest absolute Gasteiger partial charge is 0.326 e. The van der Waals surface area contributed by atoms with E-state index in [2.05, 4.69) is 27.1 Å². The molecule has 0 spiro atoms. The molecule has 0 aliphatic rings. The molecule has 2 unspecified atom stereocenters. The lowest BCUT2D eigenvalue weighted by molar-refractivity contribution is 0.452. The molecule has 0 aliphatic heterocycles. The third kappa shape index (κ3) is 2.76. The monoisotopic (exact) mass is 327 g/mol. The maximum absolute atomic E-state index is 6.09. The zero-order valence-corrected chi connectivity index (χ0v) is 12.6. The summed E-state index contributed by atoms with van der Waals surface area (Å²) in [6.45, 7) is 3.86. The van der Waals surface area contributed by atoms with Crippen molar-refractivity contribution in [1.29, 1.82) is 0 Å². The van der Waals surface area contributed by atoms with E-state index in [0.29, 0.717) is 5.02 Å². The Balaban J connectivity index is 2.46. The van der Waals surface area contributed by atoms with Gasteiger partial charge in [-0.05, 0) is 31.5 Å². The van der Waals surface area contributed by atoms with Crippen molar-refractivity contribution in [1.82, 2.24) is 9.78 Å². The molecule has 0 amide bonds. The fourth-order valence-electron chi connectivity index (χ4n) is 1.99. The van der Waals surface area contributed by atoms with Gasteiger partial charge in [0.25, 0.3) is 0 Å². The molecule has 2 N–H and O–H groups in total. The van der Waals surface area contributed by atoms with Crippen molar-refractivity contribution < 1.29 is 0 Å². The summed E-state index contributed by atoms with van der Waals surface area (Å²) in [6, 6.07) is 8.00. The van der Waals surface area contributed by atoms with Crippen molar-refractivity contribution in [2.45, 2.75) is 25.9 Å². The molecule has 0 saturated heterocycles. The van der Waals surface area contributed by atoms with Crippen LogP contribution in [0, 0.1) is 6.92 Å². The van der Waals surface area contributed by atoms with Crippen LogP contribution in [0.2, 0.25) is 5.02 Å². The highest BCUT2D eigenvalue weighted by Crippen LogP contribution is 2.25. The molecule has 1 heterocycles. The molecule has 2 rings (SSSR count). The van der Waals surface area contributed by atoms with Gasteiger partial charge in [-0.1, -0.05) is 39.7 Å². The van der Waals surface area contributed by atoms with Crippen LogP contribution in [0.4, 0.5) is 0 Å². The van der Waals surface area contributed by atoms with E-state index in [-0.39, 0.29) is 12.1 Å². The Morgan fingerprint density at radius 3 is 2.67 bits per heavy atom. The highest BCUT2D eigenvalue weighted by molar-refractivity contribution is 9.10. The van der Waals surface area contributed by atoms with Gasteiger partial charge in [0.15, 0.2) is 0 Å². The summed E-state index contributed by atoms with van der Waals surface area (Å²) in [6.07, 6.45) is 1.83. The Kier molecular flexibility index (Phi) is 4.10. The van der Waals surface area contributed by atoms with Crippen molar-refractivity contribution in [3.63, 3.8) is 0 Å². The molecule has 0 fully saturated rings. The Bertz CT molecular complexity index is 531. The molecule has 1 aromatic heterocycles. The molecule has 5 heteroatoms. The van der Waals surface area contributed by atoms with Crippen molar-refractivity contribution in [2.75, 3.05) is 0 Å². The van der Waals surface area contributed by atoms with Crippen LogP contribution in [0.25, 0.3) is 0 Å². The summed E-state index contributed by atoms with van der Waals surface area (Å²) in [7, 11) is 0. The van der Waals surface area contributed by atoms with Gasteiger partial charge in [0.05, 0.1) is 16.8 Å². The van der Waals surface area contributed by atoms with Crippen molar-refractivity contribution in [3.05, 3.63) is 51.2 Å². The predicted molar refractivity (Wildman–Crippen MR) is 77.9 cm³/mol. The summed E-state index contributed by atoms with van der Waals surface area (Å²) >= 11 is 9.54. The van der Waals surface area contributed by atoms with Gasteiger partial charge < -0.3 is 5.73 Å². The Morgan fingerprint density at radius 1 is 1.44 bits per heavy atom. The first-order chi connectivity index (χ1) is 8.49. The van der Waals surface area contributed by atoms with Crippen LogP contribution >= 0.6 is 27.5 Å². The molecule has 0 aliphatic carbocycles. The fourth-order valence-corrected chi connectivity index (χ4v) is 2.54. The van der Waals surface area contributed by atoms with Crippen LogP contribution in [0.15, 0.2) is 34.9 Å². The number of nitrogens with zero attached hydrogens (tertiary/aromatic N) is 2. The van der Waals surface area contributed by atoms with Crippen LogP contribution in [-0.4, -0.2) is 15.8 Å². The minimum atomic E-state index is -0.0605. The number of aromatic nitrogens is 2. The van der Waals surface area contributed by atoms with Crippen LogP contribution in [0.1, 0.15) is 24.2 Å². The quantitative estimate of drug-likeness (QED) is 0.936. The maximum Gasteiger partial charge on any atom is 0.0917 e. The minimum Gasteiger partial charge on any atom is -0.326 e. The Morgan fingerprint density at radius 2 is 2.17 bits per heavy atom. The SMILES string of the molecule is Cc1nn(C(c2cccc(Br)c2)C(C)N)cc1Cl. The Labute approximate surface area is 120 Å². The number of rotatable bonds is 3. The summed E-state index contributed by atoms with van der Waals surface area (Å²) in [4.78, 5) is 0. The van der Waals surface area contributed by atoms with Gasteiger partial charge in [-0.15, -0.1) is 0 Å². The molecule has 96 valence electrons. The molecule has 0 saturated carbocycles. The van der Waals surface area contributed by atoms with Gasteiger partial charge in [0.1, 0.15) is 0 Å². The van der Waals surface area contributed by atoms with Gasteiger partial charge in [0, 0.05) is 16.7 Å². The third-order valence-corrected chi connectivity index (χ3v) is 3.69. The number of benzene rings is 1. The van der Waals surface area contributed by atoms with Gasteiger partial charge in [0.2, 0.25) is 0 Å². The highest BCUT2D eigenvalue weighted by atomic mass is 79.9. The van der Waals surface area contributed by atoms with Crippen molar-refractivity contribution in [3.8, 4) is 0 Å². The van der Waals surface area contributed by atoms with Crippen molar-refractivity contribution in [2.24, 2.45) is 5.73 Å². The molecule has 3 nitrogen and oxygen atoms in total. The van der Waals surface area contributed by atoms with E-state index in [1.165, 1.54) is 0 Å². The predicted octanol–water partition coefficient (Wildman–Crippen LogP) is 3.54. The smallest absolute Gasteiger partial charge is 0.0917 e. The summed E-state index contributed by atoms with van der Waals surface area (Å²) in [5.41, 5.74) is 8.02. The number of hydrogen-bond donors (Lipinski definition) is 1. The van der Waals surface area contributed by atoms with E-state index in [4.69, 9.17) is 17.3 Å². The van der Waals surface area contributed by atoms with Gasteiger partial charge in [-0.25, -0.2) is 0 Å². The summed E-state index contributed by atoms with van der Waals surface area (Å²) in [5.74, 6) is 0. The number of aryl methyl sites for hydroxylation is 1. The zero-order valence-electron chi connectivity index (χ0n) is 10.3. The average Bonchev–Trinajstić information content (AvgIpc) is 2.58. The van der Waals surface area contributed by atoms with E-state index in [1.807, 2.05) is 42.9 Å². The van der Waals surface area contributed by atoms with E-state index in [1.54, 1.807) is 0 Å². The number of nitrogens with two attached hydrogens (primary N) is 1. The maximum atomic E-state index is 6.09. The minimum absolute atomic E-state index is 0.0197. The lowest BCUT2D eigenvalue weighted by atomic mass is 10.0. The van der Waals surface area contributed by atoms with E-state index in [9.17, 15) is 0 Å². The second-order valence-corrected chi connectivity index (χ2v) is 5.72. The van der Waals surface area contributed by atoms with Gasteiger partial charge in [-0.2, -0.15) is 5.10 Å². The fraction of sp³-hybridized carbons (Fsp3) is 0.308.